The first-order valence-electron chi connectivity index (χ1n) is 5.58. The van der Waals surface area contributed by atoms with Crippen LogP contribution in [0, 0.1) is 0 Å². The van der Waals surface area contributed by atoms with Crippen LogP contribution in [-0.2, 0) is 4.74 Å². The largest absolute Gasteiger partial charge is 0.394 e. The van der Waals surface area contributed by atoms with Gasteiger partial charge in [-0.2, -0.15) is 5.10 Å². The molecule has 1 aliphatic heterocycles. The van der Waals surface area contributed by atoms with E-state index in [9.17, 15) is 10.2 Å². The molecule has 19 heavy (non-hydrogen) atoms. The summed E-state index contributed by atoms with van der Waals surface area (Å²) in [5.41, 5.74) is 5.90. The Morgan fingerprint density at radius 1 is 1.32 bits per heavy atom. The molecule has 0 radical (unpaired) electrons. The van der Waals surface area contributed by atoms with Crippen molar-refractivity contribution in [2.75, 3.05) is 12.3 Å². The predicted molar refractivity (Wildman–Crippen MR) is 60.5 cm³/mol. The van der Waals surface area contributed by atoms with Gasteiger partial charge in [-0.15, -0.1) is 10.2 Å². The molecule has 1 saturated heterocycles. The van der Waals surface area contributed by atoms with Gasteiger partial charge in [-0.1, -0.05) is 0 Å². The van der Waals surface area contributed by atoms with Gasteiger partial charge in [0.05, 0.1) is 18.2 Å². The quantitative estimate of drug-likeness (QED) is 0.459. The van der Waals surface area contributed by atoms with E-state index < -0.39 is 31.1 Å². The molecule has 0 saturated carbocycles. The zero-order valence-electron chi connectivity index (χ0n) is 9.66. The maximum absolute atomic E-state index is 9.92. The van der Waals surface area contributed by atoms with E-state index in [2.05, 4.69) is 20.5 Å². The molecule has 2 aromatic heterocycles. The molecule has 0 aliphatic carbocycles. The van der Waals surface area contributed by atoms with E-state index in [1.54, 1.807) is 0 Å². The van der Waals surface area contributed by atoms with Crippen molar-refractivity contribution in [2.24, 2.45) is 0 Å². The number of nitrogen functional groups attached to an aromatic ring is 1. The maximum atomic E-state index is 9.92. The van der Waals surface area contributed by atoms with Gasteiger partial charge in [0.15, 0.2) is 17.7 Å². The zero-order valence-corrected chi connectivity index (χ0v) is 9.66. The Hall–Kier alpha value is -1.88. The highest BCUT2D eigenvalue weighted by atomic mass is 16.6. The van der Waals surface area contributed by atoms with Crippen LogP contribution in [0.1, 0.15) is 6.23 Å². The smallest absolute Gasteiger partial charge is 0.188 e. The van der Waals surface area contributed by atoms with Crippen LogP contribution >= 0.6 is 0 Å². The van der Waals surface area contributed by atoms with Crippen molar-refractivity contribution in [2.45, 2.75) is 24.5 Å². The third-order valence-electron chi connectivity index (χ3n) is 3.10. The number of nitrogens with two attached hydrogens (primary N) is 1. The fourth-order valence-corrected chi connectivity index (χ4v) is 2.07. The summed E-state index contributed by atoms with van der Waals surface area (Å²) in [4.78, 5) is 0. The van der Waals surface area contributed by atoms with E-state index in [1.165, 1.54) is 10.9 Å². The molecule has 1 aliphatic rings. The summed E-state index contributed by atoms with van der Waals surface area (Å²) >= 11 is 0. The third kappa shape index (κ3) is 1.73. The monoisotopic (exact) mass is 268 g/mol. The van der Waals surface area contributed by atoms with Gasteiger partial charge < -0.3 is 25.8 Å². The second-order valence-corrected chi connectivity index (χ2v) is 4.23. The van der Waals surface area contributed by atoms with Gasteiger partial charge in [0.1, 0.15) is 18.3 Å². The minimum Gasteiger partial charge on any atom is -0.394 e. The second-order valence-electron chi connectivity index (χ2n) is 4.23. The molecule has 0 spiro atoms. The molecule has 10 nitrogen and oxygen atoms in total. The van der Waals surface area contributed by atoms with E-state index in [-0.39, 0.29) is 11.5 Å². The van der Waals surface area contributed by atoms with E-state index in [0.717, 1.165) is 0 Å². The van der Waals surface area contributed by atoms with Crippen LogP contribution in [0.25, 0.3) is 11.0 Å². The molecular weight excluding hydrogens is 256 g/mol. The van der Waals surface area contributed by atoms with Crippen molar-refractivity contribution in [3.8, 4) is 0 Å². The molecule has 5 N–H and O–H groups in total. The normalized spacial score (nSPS) is 31.1. The molecule has 0 unspecified atom stereocenters. The van der Waals surface area contributed by atoms with Crippen LogP contribution in [-0.4, -0.2) is 65.4 Å². The maximum Gasteiger partial charge on any atom is 0.188 e. The summed E-state index contributed by atoms with van der Waals surface area (Å²) in [7, 11) is 0. The molecule has 4 atom stereocenters. The van der Waals surface area contributed by atoms with Gasteiger partial charge >= 0.3 is 0 Å². The van der Waals surface area contributed by atoms with Crippen LogP contribution in [0.2, 0.25) is 0 Å². The minimum absolute atomic E-state index is 0.156. The lowest BCUT2D eigenvalue weighted by Crippen LogP contribution is -2.33. The van der Waals surface area contributed by atoms with Gasteiger partial charge in [-0.25, -0.2) is 4.68 Å². The standard InChI is InChI=1S/C9H12N6O4/c10-7-3-1-11-15(8(3)13-14-12-7)9-6(18)5(17)4(2-16)19-9/h1,4-6,9,16-18H,2H2,(H2,10,12,13)/t4-,5-,6-,9-/m1/s1. The Bertz CT molecular complexity index is 603. The Labute approximate surface area is 106 Å². The van der Waals surface area contributed by atoms with E-state index in [1.807, 2.05) is 0 Å². The summed E-state index contributed by atoms with van der Waals surface area (Å²) < 4.78 is 6.60. The Balaban J connectivity index is 2.04. The molecule has 102 valence electrons. The van der Waals surface area contributed by atoms with E-state index in [0.29, 0.717) is 5.39 Å². The number of anilines is 1. The van der Waals surface area contributed by atoms with Crippen molar-refractivity contribution in [3.05, 3.63) is 6.20 Å². The first-order chi connectivity index (χ1) is 9.13. The van der Waals surface area contributed by atoms with Crippen LogP contribution in [0.5, 0.6) is 0 Å². The highest BCUT2D eigenvalue weighted by Crippen LogP contribution is 2.31. The number of nitrogens with zero attached hydrogens (tertiary/aromatic N) is 5. The topological polar surface area (TPSA) is 152 Å². The van der Waals surface area contributed by atoms with Gasteiger partial charge in [-0.3, -0.25) is 0 Å². The number of aliphatic hydroxyl groups is 3. The molecule has 1 fully saturated rings. The first-order valence-corrected chi connectivity index (χ1v) is 5.58. The van der Waals surface area contributed by atoms with Gasteiger partial charge in [0.25, 0.3) is 0 Å². The van der Waals surface area contributed by atoms with Crippen molar-refractivity contribution in [1.82, 2.24) is 25.2 Å². The Morgan fingerprint density at radius 3 is 2.79 bits per heavy atom. The average Bonchev–Trinajstić information content (AvgIpc) is 2.94. The second kappa shape index (κ2) is 4.35. The number of hydrogen-bond donors (Lipinski definition) is 4. The predicted octanol–water partition coefficient (Wildman–Crippen LogP) is -2.58. The van der Waals surface area contributed by atoms with E-state index in [4.69, 9.17) is 15.6 Å². The molecule has 0 aromatic carbocycles. The van der Waals surface area contributed by atoms with Crippen LogP contribution in [0.15, 0.2) is 6.20 Å². The lowest BCUT2D eigenvalue weighted by atomic mass is 10.1. The fraction of sp³-hybridized carbons (Fsp3) is 0.556. The molecule has 3 rings (SSSR count). The number of hydrogen-bond acceptors (Lipinski definition) is 9. The lowest BCUT2D eigenvalue weighted by molar-refractivity contribution is -0.0567. The van der Waals surface area contributed by atoms with Crippen molar-refractivity contribution in [3.63, 3.8) is 0 Å². The summed E-state index contributed by atoms with van der Waals surface area (Å²) in [5, 5.41) is 44.0. The Morgan fingerprint density at radius 2 is 2.11 bits per heavy atom. The van der Waals surface area contributed by atoms with Gasteiger partial charge in [-0.05, 0) is 5.21 Å². The van der Waals surface area contributed by atoms with Gasteiger partial charge in [0.2, 0.25) is 0 Å². The average molecular weight is 268 g/mol. The minimum atomic E-state index is -1.24. The van der Waals surface area contributed by atoms with Crippen LogP contribution in [0.3, 0.4) is 0 Å². The van der Waals surface area contributed by atoms with Crippen LogP contribution < -0.4 is 5.73 Å². The summed E-state index contributed by atoms with van der Waals surface area (Å²) in [6, 6.07) is 0. The molecule has 10 heteroatoms. The number of aromatic nitrogens is 5. The highest BCUT2D eigenvalue weighted by molar-refractivity contribution is 5.84. The molecule has 2 aromatic rings. The van der Waals surface area contributed by atoms with Gasteiger partial charge in [0, 0.05) is 0 Å². The number of aliphatic hydroxyl groups excluding tert-OH is 3. The highest BCUT2D eigenvalue weighted by Gasteiger charge is 2.44. The van der Waals surface area contributed by atoms with Crippen molar-refractivity contribution >= 4 is 16.9 Å². The molecule has 3 heterocycles. The molecule has 0 bridgehead atoms. The van der Waals surface area contributed by atoms with E-state index >= 15 is 0 Å². The third-order valence-corrected chi connectivity index (χ3v) is 3.10. The van der Waals surface area contributed by atoms with Crippen molar-refractivity contribution < 1.29 is 20.1 Å². The SMILES string of the molecule is Nc1nnnc2c1cnn2[C@@H]1O[C@H](CO)[C@@H](O)[C@H]1O. The number of rotatable bonds is 2. The summed E-state index contributed by atoms with van der Waals surface area (Å²) in [6.07, 6.45) is -2.88. The lowest BCUT2D eigenvalue weighted by Gasteiger charge is -2.15. The number of fused-ring (bicyclic) bond motifs is 1. The fourth-order valence-electron chi connectivity index (χ4n) is 2.07. The Kier molecular flexibility index (Phi) is 2.78. The molecule has 0 amide bonds. The first kappa shape index (κ1) is 12.2. The summed E-state index contributed by atoms with van der Waals surface area (Å²) in [5.74, 6) is 0.156. The number of ether oxygens (including phenoxy) is 1. The van der Waals surface area contributed by atoms with Crippen LogP contribution in [0.4, 0.5) is 5.82 Å². The molecular formula is C9H12N6O4. The zero-order chi connectivity index (χ0) is 13.6. The summed E-state index contributed by atoms with van der Waals surface area (Å²) in [6.45, 7) is -0.413. The van der Waals surface area contributed by atoms with Crippen molar-refractivity contribution in [1.29, 1.82) is 0 Å².